The summed E-state index contributed by atoms with van der Waals surface area (Å²) in [5.74, 6) is -0.637. The maximum atomic E-state index is 11.4. The van der Waals surface area contributed by atoms with Crippen LogP contribution in [-0.4, -0.2) is 43.8 Å². The molecule has 1 aliphatic rings. The van der Waals surface area contributed by atoms with E-state index in [4.69, 9.17) is 14.2 Å². The van der Waals surface area contributed by atoms with Gasteiger partial charge in [0.15, 0.2) is 11.3 Å². The Labute approximate surface area is 325 Å². The zero-order valence-electron chi connectivity index (χ0n) is 32.8. The van der Waals surface area contributed by atoms with Crippen LogP contribution in [0.3, 0.4) is 0 Å². The van der Waals surface area contributed by atoms with Crippen molar-refractivity contribution in [2.24, 2.45) is 0 Å². The predicted octanol–water partition coefficient (Wildman–Crippen LogP) is 10.0. The van der Waals surface area contributed by atoms with Crippen LogP contribution in [0, 0.1) is 34.0 Å². The van der Waals surface area contributed by atoms with Gasteiger partial charge in [-0.15, -0.1) is 11.3 Å². The van der Waals surface area contributed by atoms with Gasteiger partial charge in [0.05, 0.1) is 13.1 Å². The molecule has 0 amide bonds. The van der Waals surface area contributed by atoms with Gasteiger partial charge < -0.3 is 19.1 Å². The van der Waals surface area contributed by atoms with E-state index in [1.165, 1.54) is 55.5 Å². The minimum absolute atomic E-state index is 0.0429. The number of nitrogens with zero attached hydrogens (tertiary/aromatic N) is 4. The quantitative estimate of drug-likeness (QED) is 0.0693. The number of carbonyl (C=O) groups is 2. The first-order valence-electron chi connectivity index (χ1n) is 19.0. The summed E-state index contributed by atoms with van der Waals surface area (Å²) in [6, 6.07) is 14.1. The molecule has 1 aromatic heterocycles. The second-order valence-electron chi connectivity index (χ2n) is 13.8. The van der Waals surface area contributed by atoms with Crippen molar-refractivity contribution in [3.05, 3.63) is 79.3 Å². The monoisotopic (exact) mass is 750 g/mol. The van der Waals surface area contributed by atoms with E-state index in [1.54, 1.807) is 11.3 Å². The molecule has 0 aliphatic carbocycles. The maximum absolute atomic E-state index is 11.4. The molecular weight excluding hydrogens is 697 g/mol. The molecule has 0 bridgehead atoms. The minimum atomic E-state index is -0.886. The van der Waals surface area contributed by atoms with Crippen LogP contribution < -0.4 is 4.90 Å². The SMILES string of the molecule is CCCCCCc1c(/C=C/C2=C(C#N)C(=C(C#N)C#N)OC2(C)C)sc(/C=C/c2ccc(N(CCOC(C)=O)CCOC(C)=O)cc2)c1CCCCCC. The fraction of sp³-hybridized carbons (Fsp3) is 0.477. The molecule has 0 radical (unpaired) electrons. The Kier molecular flexibility index (Phi) is 17.8. The van der Waals surface area contributed by atoms with Crippen LogP contribution >= 0.6 is 11.3 Å². The lowest BCUT2D eigenvalue weighted by atomic mass is 9.93. The van der Waals surface area contributed by atoms with E-state index in [2.05, 4.69) is 50.3 Å². The third kappa shape index (κ3) is 12.8. The van der Waals surface area contributed by atoms with Gasteiger partial charge in [0.2, 0.25) is 0 Å². The van der Waals surface area contributed by atoms with Crippen LogP contribution in [-0.2, 0) is 36.6 Å². The number of hydrogen-bond donors (Lipinski definition) is 0. The summed E-state index contributed by atoms with van der Waals surface area (Å²) < 4.78 is 16.4. The van der Waals surface area contributed by atoms with E-state index in [1.807, 2.05) is 49.1 Å². The average molecular weight is 751 g/mol. The summed E-state index contributed by atoms with van der Waals surface area (Å²) >= 11 is 1.74. The number of hydrogen-bond acceptors (Lipinski definition) is 10. The summed E-state index contributed by atoms with van der Waals surface area (Å²) in [4.78, 5) is 27.1. The van der Waals surface area contributed by atoms with Crippen molar-refractivity contribution in [1.82, 2.24) is 0 Å². The highest BCUT2D eigenvalue weighted by Crippen LogP contribution is 2.41. The third-order valence-corrected chi connectivity index (χ3v) is 10.4. The van der Waals surface area contributed by atoms with Gasteiger partial charge in [-0.3, -0.25) is 9.59 Å². The number of allylic oxidation sites excluding steroid dienone is 2. The second kappa shape index (κ2) is 22.2. The molecule has 0 unspecified atom stereocenters. The molecule has 10 heteroatoms. The van der Waals surface area contributed by atoms with E-state index >= 15 is 0 Å². The Balaban J connectivity index is 2.04. The zero-order chi connectivity index (χ0) is 39.5. The lowest BCUT2D eigenvalue weighted by Crippen LogP contribution is -2.31. The van der Waals surface area contributed by atoms with Gasteiger partial charge in [-0.2, -0.15) is 15.8 Å². The van der Waals surface area contributed by atoms with Gasteiger partial charge in [0.1, 0.15) is 42.6 Å². The largest absolute Gasteiger partial charge is 0.480 e. The summed E-state index contributed by atoms with van der Waals surface area (Å²) in [7, 11) is 0. The van der Waals surface area contributed by atoms with Crippen LogP contribution in [0.2, 0.25) is 0 Å². The number of anilines is 1. The standard InChI is InChI=1S/C44H54N4O5S/c1-7-9-11-13-15-37-38(16-14-12-10-8-2)42(24-22-40-39(31-47)43(35(29-45)30-46)53-44(40,5)6)54-41(37)23-19-34-17-20-36(21-18-34)48(25-27-51-32(3)49)26-28-52-33(4)50/h17-24H,7-16,25-28H2,1-6H3/b23-19+,24-22+. The number of nitriles is 3. The third-order valence-electron chi connectivity index (χ3n) is 9.22. The Hall–Kier alpha value is -5.11. The van der Waals surface area contributed by atoms with Crippen LogP contribution in [0.1, 0.15) is 119 Å². The van der Waals surface area contributed by atoms with Gasteiger partial charge in [-0.05, 0) is 80.5 Å². The predicted molar refractivity (Wildman–Crippen MR) is 216 cm³/mol. The Bertz CT molecular complexity index is 1810. The van der Waals surface area contributed by atoms with Crippen molar-refractivity contribution in [3.63, 3.8) is 0 Å². The molecule has 0 N–H and O–H groups in total. The molecule has 0 saturated heterocycles. The molecule has 0 spiro atoms. The highest BCUT2D eigenvalue weighted by Gasteiger charge is 2.38. The van der Waals surface area contributed by atoms with E-state index in [-0.39, 0.29) is 42.1 Å². The van der Waals surface area contributed by atoms with Gasteiger partial charge >= 0.3 is 11.9 Å². The Morgan fingerprint density at radius 2 is 1.30 bits per heavy atom. The van der Waals surface area contributed by atoms with E-state index in [0.717, 1.165) is 54.7 Å². The molecule has 286 valence electrons. The first-order chi connectivity index (χ1) is 26.0. The van der Waals surface area contributed by atoms with Crippen molar-refractivity contribution in [3.8, 4) is 18.2 Å². The molecule has 0 saturated carbocycles. The highest BCUT2D eigenvalue weighted by atomic mass is 32.1. The molecule has 1 aliphatic heterocycles. The number of esters is 2. The number of thiophene rings is 1. The van der Waals surface area contributed by atoms with E-state index < -0.39 is 5.60 Å². The van der Waals surface area contributed by atoms with Gasteiger partial charge in [-0.1, -0.05) is 76.7 Å². The zero-order valence-corrected chi connectivity index (χ0v) is 33.6. The lowest BCUT2D eigenvalue weighted by molar-refractivity contribution is -0.141. The molecule has 9 nitrogen and oxygen atoms in total. The van der Waals surface area contributed by atoms with Crippen LogP contribution in [0.5, 0.6) is 0 Å². The normalized spacial score (nSPS) is 13.4. The van der Waals surface area contributed by atoms with Crippen molar-refractivity contribution in [1.29, 1.82) is 15.8 Å². The first kappa shape index (κ1) is 43.3. The van der Waals surface area contributed by atoms with Gasteiger partial charge in [-0.25, -0.2) is 0 Å². The lowest BCUT2D eigenvalue weighted by Gasteiger charge is -2.24. The molecule has 54 heavy (non-hydrogen) atoms. The number of rotatable bonds is 21. The number of benzene rings is 1. The van der Waals surface area contributed by atoms with Crippen molar-refractivity contribution in [2.75, 3.05) is 31.2 Å². The molecule has 1 aromatic carbocycles. The first-order valence-corrected chi connectivity index (χ1v) is 19.8. The van der Waals surface area contributed by atoms with E-state index in [0.29, 0.717) is 18.7 Å². The van der Waals surface area contributed by atoms with Crippen molar-refractivity contribution < 1.29 is 23.8 Å². The fourth-order valence-electron chi connectivity index (χ4n) is 6.39. The summed E-state index contributed by atoms with van der Waals surface area (Å²) in [5, 5.41) is 29.2. The molecular formula is C44H54N4O5S. The smallest absolute Gasteiger partial charge is 0.302 e. The topological polar surface area (TPSA) is 136 Å². The van der Waals surface area contributed by atoms with Crippen LogP contribution in [0.25, 0.3) is 18.2 Å². The molecule has 2 aromatic rings. The molecule has 0 atom stereocenters. The minimum Gasteiger partial charge on any atom is -0.480 e. The maximum Gasteiger partial charge on any atom is 0.302 e. The molecule has 2 heterocycles. The van der Waals surface area contributed by atoms with Gasteiger partial charge in [0, 0.05) is 34.9 Å². The Morgan fingerprint density at radius 1 is 0.778 bits per heavy atom. The van der Waals surface area contributed by atoms with Crippen molar-refractivity contribution in [2.45, 2.75) is 111 Å². The number of ether oxygens (including phenoxy) is 3. The summed E-state index contributed by atoms with van der Waals surface area (Å²) in [5.41, 5.74) is 4.45. The number of carbonyl (C=O) groups excluding carboxylic acids is 2. The second-order valence-corrected chi connectivity index (χ2v) is 14.9. The average Bonchev–Trinajstić information content (AvgIpc) is 3.61. The van der Waals surface area contributed by atoms with Crippen LogP contribution in [0.4, 0.5) is 5.69 Å². The fourth-order valence-corrected chi connectivity index (χ4v) is 7.60. The Morgan fingerprint density at radius 3 is 1.76 bits per heavy atom. The molecule has 3 rings (SSSR count). The van der Waals surface area contributed by atoms with Crippen molar-refractivity contribution >= 4 is 47.2 Å². The summed E-state index contributed by atoms with van der Waals surface area (Å²) in [6.45, 7) is 12.3. The van der Waals surface area contributed by atoms with Crippen LogP contribution in [0.15, 0.2) is 52.8 Å². The van der Waals surface area contributed by atoms with Gasteiger partial charge in [0.25, 0.3) is 0 Å². The summed E-state index contributed by atoms with van der Waals surface area (Å²) in [6.07, 6.45) is 19.5. The van der Waals surface area contributed by atoms with E-state index in [9.17, 15) is 25.4 Å². The molecule has 0 fully saturated rings. The number of unbranched alkanes of at least 4 members (excludes halogenated alkanes) is 6. The highest BCUT2D eigenvalue weighted by molar-refractivity contribution is 7.14.